The van der Waals surface area contributed by atoms with Crippen molar-refractivity contribution in [3.05, 3.63) is 48.6 Å². The molecule has 0 radical (unpaired) electrons. The largest absolute Gasteiger partial charge is 0.472 e. The van der Waals surface area contributed by atoms with Gasteiger partial charge >= 0.3 is 0 Å². The third-order valence-electron chi connectivity index (χ3n) is 7.83. The van der Waals surface area contributed by atoms with E-state index in [-0.39, 0.29) is 35.6 Å². The van der Waals surface area contributed by atoms with Crippen LogP contribution in [0.5, 0.6) is 0 Å². The molecule has 0 unspecified atom stereocenters. The van der Waals surface area contributed by atoms with Gasteiger partial charge in [0.15, 0.2) is 0 Å². The predicted octanol–water partition coefficient (Wildman–Crippen LogP) is 2.55. The van der Waals surface area contributed by atoms with E-state index in [1.165, 1.54) is 12.5 Å². The molecule has 3 atom stereocenters. The molecule has 36 heavy (non-hydrogen) atoms. The number of carbonyl (C=O) groups excluding carboxylic acids is 3. The lowest BCUT2D eigenvalue weighted by Crippen LogP contribution is -2.50. The van der Waals surface area contributed by atoms with Crippen LogP contribution in [0, 0.1) is 11.8 Å². The smallest absolute Gasteiger partial charge is 0.257 e. The van der Waals surface area contributed by atoms with Gasteiger partial charge in [-0.25, -0.2) is 4.98 Å². The number of amides is 3. The Morgan fingerprint density at radius 1 is 0.972 bits per heavy atom. The third kappa shape index (κ3) is 5.24. The highest BCUT2D eigenvalue weighted by molar-refractivity contribution is 5.95. The van der Waals surface area contributed by atoms with Gasteiger partial charge in [-0.15, -0.1) is 0 Å². The summed E-state index contributed by atoms with van der Waals surface area (Å²) in [7, 11) is 0. The summed E-state index contributed by atoms with van der Waals surface area (Å²) in [6.45, 7) is 3.95. The van der Waals surface area contributed by atoms with Crippen molar-refractivity contribution in [1.82, 2.24) is 20.1 Å². The Hall–Kier alpha value is -3.36. The molecular weight excluding hydrogens is 458 g/mol. The van der Waals surface area contributed by atoms with E-state index in [0.29, 0.717) is 44.6 Å². The maximum Gasteiger partial charge on any atom is 0.257 e. The minimum atomic E-state index is -0.386. The number of fused-ring (bicyclic) bond motifs is 1. The van der Waals surface area contributed by atoms with E-state index in [1.54, 1.807) is 12.3 Å². The quantitative estimate of drug-likeness (QED) is 0.706. The van der Waals surface area contributed by atoms with Crippen molar-refractivity contribution in [3.8, 4) is 0 Å². The maximum atomic E-state index is 13.6. The Morgan fingerprint density at radius 3 is 2.56 bits per heavy atom. The van der Waals surface area contributed by atoms with Crippen molar-refractivity contribution in [2.45, 2.75) is 44.6 Å². The molecular formula is C27H35N5O4. The molecule has 1 saturated carbocycles. The van der Waals surface area contributed by atoms with Crippen molar-refractivity contribution in [1.29, 1.82) is 0 Å². The summed E-state index contributed by atoms with van der Waals surface area (Å²) in [5, 5.41) is 3.07. The number of aromatic nitrogens is 1. The van der Waals surface area contributed by atoms with Crippen LogP contribution in [0.15, 0.2) is 47.4 Å². The number of piperazine rings is 1. The van der Waals surface area contributed by atoms with Gasteiger partial charge in [0, 0.05) is 57.4 Å². The van der Waals surface area contributed by atoms with E-state index in [4.69, 9.17) is 4.42 Å². The van der Waals surface area contributed by atoms with Gasteiger partial charge in [0.1, 0.15) is 12.1 Å². The number of nitrogens with one attached hydrogen (secondary N) is 1. The molecule has 2 saturated heterocycles. The summed E-state index contributed by atoms with van der Waals surface area (Å²) in [5.74, 6) is 0.207. The van der Waals surface area contributed by atoms with Crippen molar-refractivity contribution in [2.75, 3.05) is 44.2 Å². The van der Waals surface area contributed by atoms with E-state index in [2.05, 4.69) is 15.2 Å². The number of nitrogens with zero attached hydrogens (tertiary/aromatic N) is 4. The fourth-order valence-corrected chi connectivity index (χ4v) is 5.87. The van der Waals surface area contributed by atoms with Crippen LogP contribution in [0.2, 0.25) is 0 Å². The zero-order valence-electron chi connectivity index (χ0n) is 20.7. The molecule has 0 bridgehead atoms. The topological polar surface area (TPSA) is 99.0 Å². The van der Waals surface area contributed by atoms with E-state index < -0.39 is 0 Å². The molecule has 9 heteroatoms. The molecule has 9 nitrogen and oxygen atoms in total. The van der Waals surface area contributed by atoms with Crippen molar-refractivity contribution in [2.24, 2.45) is 11.8 Å². The zero-order valence-corrected chi connectivity index (χ0v) is 20.7. The van der Waals surface area contributed by atoms with E-state index in [0.717, 1.165) is 44.6 Å². The Balaban J connectivity index is 1.30. The molecule has 2 aromatic heterocycles. The first-order valence-electron chi connectivity index (χ1n) is 13.2. The van der Waals surface area contributed by atoms with E-state index >= 15 is 0 Å². The molecule has 5 rings (SSSR count). The molecule has 1 aliphatic carbocycles. The average Bonchev–Trinajstić information content (AvgIpc) is 3.60. The van der Waals surface area contributed by atoms with Crippen LogP contribution < -0.4 is 10.2 Å². The predicted molar refractivity (Wildman–Crippen MR) is 134 cm³/mol. The molecule has 0 spiro atoms. The highest BCUT2D eigenvalue weighted by Gasteiger charge is 2.47. The molecule has 0 aromatic carbocycles. The van der Waals surface area contributed by atoms with E-state index in [1.807, 2.05) is 28.0 Å². The Morgan fingerprint density at radius 2 is 1.81 bits per heavy atom. The Bertz CT molecular complexity index is 1040. The van der Waals surface area contributed by atoms with Gasteiger partial charge in [-0.05, 0) is 43.9 Å². The monoisotopic (exact) mass is 493 g/mol. The fourth-order valence-electron chi connectivity index (χ4n) is 5.87. The van der Waals surface area contributed by atoms with Crippen molar-refractivity contribution >= 4 is 23.5 Å². The summed E-state index contributed by atoms with van der Waals surface area (Å²) >= 11 is 0. The second-order valence-electron chi connectivity index (χ2n) is 10.1. The number of furan rings is 1. The molecule has 3 amide bonds. The van der Waals surface area contributed by atoms with Crippen LogP contribution >= 0.6 is 0 Å². The number of hydrogen-bond donors (Lipinski definition) is 1. The second-order valence-corrected chi connectivity index (χ2v) is 10.1. The lowest BCUT2D eigenvalue weighted by Gasteiger charge is -2.36. The second kappa shape index (κ2) is 11.1. The van der Waals surface area contributed by atoms with Crippen LogP contribution in [0.4, 0.5) is 5.82 Å². The molecule has 2 aromatic rings. The molecule has 3 aliphatic rings. The van der Waals surface area contributed by atoms with Crippen LogP contribution in [0.3, 0.4) is 0 Å². The van der Waals surface area contributed by atoms with Gasteiger partial charge in [0.05, 0.1) is 17.7 Å². The molecule has 3 fully saturated rings. The lowest BCUT2D eigenvalue weighted by atomic mass is 9.99. The average molecular weight is 494 g/mol. The summed E-state index contributed by atoms with van der Waals surface area (Å²) in [4.78, 5) is 50.6. The Kier molecular flexibility index (Phi) is 7.53. The van der Waals surface area contributed by atoms with E-state index in [9.17, 15) is 14.4 Å². The number of rotatable bonds is 3. The van der Waals surface area contributed by atoms with Gasteiger partial charge in [-0.2, -0.15) is 0 Å². The maximum absolute atomic E-state index is 13.6. The minimum Gasteiger partial charge on any atom is -0.472 e. The standard InChI is InChI=1S/C27H35N5O4/c33-25-22-17-21(26(34)31-14-12-30(13-15-31)24-7-3-5-9-28-24)18-23(22)32(11-6-2-1-4-10-29-25)27(35)20-8-16-36-19-20/h3,5,7-9,16,19,21-23H,1-2,4,6,10-15,17-18H2,(H,29,33)/t21-,22-,23+/m1/s1. The summed E-state index contributed by atoms with van der Waals surface area (Å²) in [6, 6.07) is 7.23. The van der Waals surface area contributed by atoms with Gasteiger partial charge < -0.3 is 24.4 Å². The lowest BCUT2D eigenvalue weighted by molar-refractivity contribution is -0.135. The SMILES string of the molecule is O=C1NCCCCCCN(C(=O)c2ccoc2)[C@H]2C[C@H](C(=O)N3CCN(c4ccccn4)CC3)C[C@@H]12. The number of hydrogen-bond acceptors (Lipinski definition) is 6. The minimum absolute atomic E-state index is 0.0397. The van der Waals surface area contributed by atoms with Crippen molar-refractivity contribution in [3.63, 3.8) is 0 Å². The zero-order chi connectivity index (χ0) is 24.9. The van der Waals surface area contributed by atoms with Crippen molar-refractivity contribution < 1.29 is 18.8 Å². The molecule has 192 valence electrons. The van der Waals surface area contributed by atoms with Crippen LogP contribution in [-0.4, -0.2) is 77.8 Å². The Labute approximate surface area is 211 Å². The highest BCUT2D eigenvalue weighted by Crippen LogP contribution is 2.37. The van der Waals surface area contributed by atoms with Crippen LogP contribution in [0.1, 0.15) is 48.9 Å². The van der Waals surface area contributed by atoms with Gasteiger partial charge in [-0.1, -0.05) is 18.9 Å². The molecule has 2 aliphatic heterocycles. The van der Waals surface area contributed by atoms with Gasteiger partial charge in [0.2, 0.25) is 11.8 Å². The summed E-state index contributed by atoms with van der Waals surface area (Å²) < 4.78 is 5.16. The number of anilines is 1. The first kappa shape index (κ1) is 24.3. The third-order valence-corrected chi connectivity index (χ3v) is 7.83. The summed E-state index contributed by atoms with van der Waals surface area (Å²) in [5.41, 5.74) is 0.490. The van der Waals surface area contributed by atoms with Gasteiger partial charge in [-0.3, -0.25) is 14.4 Å². The first-order valence-corrected chi connectivity index (χ1v) is 13.2. The fraction of sp³-hybridized carbons (Fsp3) is 0.556. The number of pyridine rings is 1. The van der Waals surface area contributed by atoms with Crippen LogP contribution in [-0.2, 0) is 9.59 Å². The van der Waals surface area contributed by atoms with Gasteiger partial charge in [0.25, 0.3) is 5.91 Å². The summed E-state index contributed by atoms with van der Waals surface area (Å²) in [6.07, 6.45) is 9.58. The van der Waals surface area contributed by atoms with Crippen LogP contribution in [0.25, 0.3) is 0 Å². The molecule has 4 heterocycles. The first-order chi connectivity index (χ1) is 17.6. The highest BCUT2D eigenvalue weighted by atomic mass is 16.3. The molecule has 1 N–H and O–H groups in total. The number of carbonyl (C=O) groups is 3. The normalized spacial score (nSPS) is 25.6.